The summed E-state index contributed by atoms with van der Waals surface area (Å²) in [6.07, 6.45) is 2.71. The van der Waals surface area contributed by atoms with Crippen molar-refractivity contribution in [1.29, 1.82) is 0 Å². The van der Waals surface area contributed by atoms with Gasteiger partial charge >= 0.3 is 0 Å². The molecule has 1 N–H and O–H groups in total. The summed E-state index contributed by atoms with van der Waals surface area (Å²) < 4.78 is 32.6. The summed E-state index contributed by atoms with van der Waals surface area (Å²) in [5.74, 6) is 0. The van der Waals surface area contributed by atoms with Gasteiger partial charge in [-0.25, -0.2) is 8.42 Å². The van der Waals surface area contributed by atoms with Gasteiger partial charge in [0, 0.05) is 31.9 Å². The number of nitrogens with one attached hydrogen (secondary N) is 1. The molecule has 0 spiro atoms. The Morgan fingerprint density at radius 2 is 2.10 bits per heavy atom. The number of ether oxygens (including phenoxy) is 1. The molecule has 1 fully saturated rings. The maximum absolute atomic E-state index is 12.7. The van der Waals surface area contributed by atoms with Gasteiger partial charge in [0.25, 0.3) is 0 Å². The fraction of sp³-hybridized carbons (Fsp3) is 0.600. The second-order valence-corrected chi connectivity index (χ2v) is 7.49. The minimum absolute atomic E-state index is 0.197. The molecule has 0 aliphatic carbocycles. The van der Waals surface area contributed by atoms with Gasteiger partial charge in [0.1, 0.15) is 0 Å². The predicted molar refractivity (Wildman–Crippen MR) is 82.0 cm³/mol. The zero-order valence-corrected chi connectivity index (χ0v) is 13.2. The molecule has 0 aromatic heterocycles. The van der Waals surface area contributed by atoms with Crippen LogP contribution in [0.25, 0.3) is 0 Å². The molecular formula is C15H22N2O3S. The van der Waals surface area contributed by atoms with E-state index in [1.807, 2.05) is 13.0 Å². The average molecular weight is 310 g/mol. The summed E-state index contributed by atoms with van der Waals surface area (Å²) in [5, 5.41) is 3.24. The van der Waals surface area contributed by atoms with Crippen molar-refractivity contribution in [3.8, 4) is 0 Å². The van der Waals surface area contributed by atoms with Gasteiger partial charge < -0.3 is 10.1 Å². The molecule has 0 atom stereocenters. The fourth-order valence-electron chi connectivity index (χ4n) is 3.05. The Hall–Kier alpha value is -1.11. The average Bonchev–Trinajstić information content (AvgIpc) is 2.95. The summed E-state index contributed by atoms with van der Waals surface area (Å²) >= 11 is 0. The Bertz CT molecular complexity index is 607. The van der Waals surface area contributed by atoms with E-state index in [1.165, 1.54) is 5.56 Å². The van der Waals surface area contributed by atoms with Crippen LogP contribution in [0.5, 0.6) is 0 Å². The first-order valence-corrected chi connectivity index (χ1v) is 9.04. The highest BCUT2D eigenvalue weighted by molar-refractivity contribution is 7.89. The molecule has 21 heavy (non-hydrogen) atoms. The number of nitrogens with zero attached hydrogens (tertiary/aromatic N) is 1. The molecule has 0 saturated carbocycles. The molecule has 3 rings (SSSR count). The quantitative estimate of drug-likeness (QED) is 0.922. The van der Waals surface area contributed by atoms with Crippen LogP contribution < -0.4 is 5.32 Å². The third-order valence-electron chi connectivity index (χ3n) is 4.23. The van der Waals surface area contributed by atoms with Crippen LogP contribution in [-0.2, 0) is 21.2 Å². The highest BCUT2D eigenvalue weighted by Crippen LogP contribution is 2.28. The molecule has 116 valence electrons. The van der Waals surface area contributed by atoms with Gasteiger partial charge in [-0.2, -0.15) is 4.31 Å². The van der Waals surface area contributed by atoms with Gasteiger partial charge in [0.15, 0.2) is 0 Å². The second kappa shape index (κ2) is 5.94. The highest BCUT2D eigenvalue weighted by Gasteiger charge is 2.30. The van der Waals surface area contributed by atoms with Gasteiger partial charge in [-0.1, -0.05) is 6.07 Å². The van der Waals surface area contributed by atoms with Crippen molar-refractivity contribution < 1.29 is 13.2 Å². The summed E-state index contributed by atoms with van der Waals surface area (Å²) in [6, 6.07) is 5.43. The molecule has 0 amide bonds. The van der Waals surface area contributed by atoms with Crippen LogP contribution in [0.15, 0.2) is 23.1 Å². The number of hydrogen-bond donors (Lipinski definition) is 1. The van der Waals surface area contributed by atoms with E-state index in [9.17, 15) is 8.42 Å². The molecule has 2 aliphatic heterocycles. The Kier molecular flexibility index (Phi) is 4.19. The number of fused-ring (bicyclic) bond motifs is 1. The van der Waals surface area contributed by atoms with Gasteiger partial charge in [0.2, 0.25) is 10.0 Å². The van der Waals surface area contributed by atoms with Crippen LogP contribution in [-0.4, -0.2) is 45.1 Å². The zero-order valence-electron chi connectivity index (χ0n) is 12.3. The molecule has 0 unspecified atom stereocenters. The third kappa shape index (κ3) is 2.93. The molecule has 0 bridgehead atoms. The van der Waals surface area contributed by atoms with Gasteiger partial charge in [-0.3, -0.25) is 0 Å². The first-order valence-electron chi connectivity index (χ1n) is 7.60. The normalized spacial score (nSPS) is 20.2. The minimum Gasteiger partial charge on any atom is -0.384 e. The van der Waals surface area contributed by atoms with E-state index >= 15 is 0 Å². The summed E-state index contributed by atoms with van der Waals surface area (Å²) in [5.41, 5.74) is 2.16. The number of hydrogen-bond acceptors (Lipinski definition) is 4. The molecule has 1 aromatic rings. The number of benzene rings is 1. The monoisotopic (exact) mass is 310 g/mol. The van der Waals surface area contributed by atoms with Gasteiger partial charge in [-0.15, -0.1) is 0 Å². The Labute approximate surface area is 126 Å². The molecule has 2 heterocycles. The fourth-order valence-corrected chi connectivity index (χ4v) is 4.55. The molecule has 6 heteroatoms. The van der Waals surface area contributed by atoms with E-state index in [4.69, 9.17) is 4.74 Å². The summed E-state index contributed by atoms with van der Waals surface area (Å²) in [6.45, 7) is 4.63. The lowest BCUT2D eigenvalue weighted by molar-refractivity contribution is 0.0290. The van der Waals surface area contributed by atoms with Crippen LogP contribution in [0.3, 0.4) is 0 Å². The number of piperidine rings is 1. The SMILES string of the molecule is CCOC1CCN(S(=O)(=O)c2ccc3c(c2)NCC3)CC1. The van der Waals surface area contributed by atoms with Crippen molar-refractivity contribution in [3.05, 3.63) is 23.8 Å². The first kappa shape index (κ1) is 14.8. The van der Waals surface area contributed by atoms with Gasteiger partial charge in [-0.05, 0) is 43.9 Å². The predicted octanol–water partition coefficient (Wildman–Crippen LogP) is 1.84. The Morgan fingerprint density at radius 1 is 1.33 bits per heavy atom. The molecule has 1 aromatic carbocycles. The van der Waals surface area contributed by atoms with Gasteiger partial charge in [0.05, 0.1) is 11.0 Å². The van der Waals surface area contributed by atoms with Crippen LogP contribution in [0.2, 0.25) is 0 Å². The highest BCUT2D eigenvalue weighted by atomic mass is 32.2. The molecule has 5 nitrogen and oxygen atoms in total. The first-order chi connectivity index (χ1) is 10.1. The van der Waals surface area contributed by atoms with E-state index in [0.717, 1.165) is 31.5 Å². The molecule has 1 saturated heterocycles. The van der Waals surface area contributed by atoms with Crippen molar-refractivity contribution in [2.75, 3.05) is 31.6 Å². The number of anilines is 1. The maximum Gasteiger partial charge on any atom is 0.243 e. The molecule has 0 radical (unpaired) electrons. The number of sulfonamides is 1. The maximum atomic E-state index is 12.7. The van der Waals surface area contributed by atoms with Crippen molar-refractivity contribution in [2.24, 2.45) is 0 Å². The number of rotatable bonds is 4. The largest absolute Gasteiger partial charge is 0.384 e. The van der Waals surface area contributed by atoms with Crippen LogP contribution in [0.1, 0.15) is 25.3 Å². The van der Waals surface area contributed by atoms with Crippen LogP contribution in [0.4, 0.5) is 5.69 Å². The van der Waals surface area contributed by atoms with E-state index in [1.54, 1.807) is 16.4 Å². The van der Waals surface area contributed by atoms with E-state index in [0.29, 0.717) is 24.6 Å². The van der Waals surface area contributed by atoms with E-state index in [2.05, 4.69) is 5.32 Å². The van der Waals surface area contributed by atoms with Crippen LogP contribution >= 0.6 is 0 Å². The van der Waals surface area contributed by atoms with Crippen molar-refractivity contribution in [3.63, 3.8) is 0 Å². The van der Waals surface area contributed by atoms with Crippen molar-refractivity contribution in [2.45, 2.75) is 37.2 Å². The van der Waals surface area contributed by atoms with E-state index in [-0.39, 0.29) is 6.10 Å². The Morgan fingerprint density at radius 3 is 2.81 bits per heavy atom. The van der Waals surface area contributed by atoms with Crippen molar-refractivity contribution in [1.82, 2.24) is 4.31 Å². The van der Waals surface area contributed by atoms with Crippen LogP contribution in [0, 0.1) is 0 Å². The minimum atomic E-state index is -3.38. The smallest absolute Gasteiger partial charge is 0.243 e. The third-order valence-corrected chi connectivity index (χ3v) is 6.13. The Balaban J connectivity index is 1.75. The lowest BCUT2D eigenvalue weighted by Gasteiger charge is -2.31. The lowest BCUT2D eigenvalue weighted by atomic mass is 10.1. The molecule has 2 aliphatic rings. The topological polar surface area (TPSA) is 58.6 Å². The van der Waals surface area contributed by atoms with E-state index < -0.39 is 10.0 Å². The zero-order chi connectivity index (χ0) is 14.9. The lowest BCUT2D eigenvalue weighted by Crippen LogP contribution is -2.40. The summed E-state index contributed by atoms with van der Waals surface area (Å²) in [4.78, 5) is 0.394. The summed E-state index contributed by atoms with van der Waals surface area (Å²) in [7, 11) is -3.38. The molecular weight excluding hydrogens is 288 g/mol. The van der Waals surface area contributed by atoms with Crippen molar-refractivity contribution >= 4 is 15.7 Å². The second-order valence-electron chi connectivity index (χ2n) is 5.55. The standard InChI is InChI=1S/C15H22N2O3S/c1-2-20-13-6-9-17(10-7-13)21(18,19)14-4-3-12-5-8-16-15(12)11-14/h3-4,11,13,16H,2,5-10H2,1H3.